The van der Waals surface area contributed by atoms with Gasteiger partial charge in [0, 0.05) is 38.3 Å². The zero-order valence-corrected chi connectivity index (χ0v) is 10.8. The van der Waals surface area contributed by atoms with Gasteiger partial charge in [0.2, 0.25) is 5.82 Å². The van der Waals surface area contributed by atoms with Crippen molar-refractivity contribution < 1.29 is 4.79 Å². The van der Waals surface area contributed by atoms with Crippen LogP contribution in [0.4, 0.5) is 0 Å². The summed E-state index contributed by atoms with van der Waals surface area (Å²) < 4.78 is 1.93. The van der Waals surface area contributed by atoms with Crippen LogP contribution >= 0.6 is 0 Å². The Hall–Kier alpha value is -2.18. The number of aryl methyl sites for hydroxylation is 1. The molecule has 0 spiro atoms. The Morgan fingerprint density at radius 1 is 1.58 bits per heavy atom. The van der Waals surface area contributed by atoms with Gasteiger partial charge in [-0.25, -0.2) is 9.97 Å². The van der Waals surface area contributed by atoms with Crippen LogP contribution in [0.2, 0.25) is 0 Å². The van der Waals surface area contributed by atoms with Gasteiger partial charge >= 0.3 is 0 Å². The number of nitrogens with one attached hydrogen (secondary N) is 2. The van der Waals surface area contributed by atoms with E-state index in [1.54, 1.807) is 6.20 Å². The largest absolute Gasteiger partial charge is 0.349 e. The van der Waals surface area contributed by atoms with Crippen LogP contribution in [-0.2, 0) is 13.5 Å². The minimum Gasteiger partial charge on any atom is -0.349 e. The molecule has 100 valence electrons. The van der Waals surface area contributed by atoms with Crippen molar-refractivity contribution >= 4 is 5.91 Å². The van der Waals surface area contributed by atoms with Crippen molar-refractivity contribution in [3.63, 3.8) is 0 Å². The molecule has 1 aliphatic carbocycles. The molecule has 0 aromatic carbocycles. The first kappa shape index (κ1) is 11.9. The number of amides is 1. The molecule has 1 amide bonds. The molecule has 2 heterocycles. The van der Waals surface area contributed by atoms with Crippen molar-refractivity contribution in [3.05, 3.63) is 29.9 Å². The molecule has 1 aliphatic rings. The summed E-state index contributed by atoms with van der Waals surface area (Å²) in [5, 5.41) is 9.56. The third kappa shape index (κ3) is 2.64. The molecular formula is C12H16N6O. The fraction of sp³-hybridized carbons (Fsp3) is 0.500. The Balaban J connectivity index is 1.51. The Morgan fingerprint density at radius 2 is 2.42 bits per heavy atom. The molecule has 0 saturated heterocycles. The summed E-state index contributed by atoms with van der Waals surface area (Å²) >= 11 is 0. The van der Waals surface area contributed by atoms with Crippen molar-refractivity contribution in [2.45, 2.75) is 25.2 Å². The summed E-state index contributed by atoms with van der Waals surface area (Å²) in [6.45, 7) is 0.525. The minimum atomic E-state index is -0.239. The predicted molar refractivity (Wildman–Crippen MR) is 67.6 cm³/mol. The number of carbonyl (C=O) groups excluding carboxylic acids is 1. The van der Waals surface area contributed by atoms with Gasteiger partial charge in [-0.1, -0.05) is 0 Å². The van der Waals surface area contributed by atoms with E-state index in [2.05, 4.69) is 25.5 Å². The average Bonchev–Trinajstić information content (AvgIpc) is 2.99. The Labute approximate surface area is 110 Å². The van der Waals surface area contributed by atoms with Crippen molar-refractivity contribution in [1.29, 1.82) is 0 Å². The quantitative estimate of drug-likeness (QED) is 0.814. The molecule has 2 N–H and O–H groups in total. The van der Waals surface area contributed by atoms with Crippen LogP contribution < -0.4 is 5.32 Å². The van der Waals surface area contributed by atoms with E-state index in [-0.39, 0.29) is 11.7 Å². The van der Waals surface area contributed by atoms with Gasteiger partial charge in [0.1, 0.15) is 11.6 Å². The Morgan fingerprint density at radius 3 is 3.11 bits per heavy atom. The number of hydrogen-bond donors (Lipinski definition) is 2. The second-order valence-electron chi connectivity index (χ2n) is 4.78. The van der Waals surface area contributed by atoms with Crippen molar-refractivity contribution in [2.75, 3.05) is 6.54 Å². The molecule has 0 aliphatic heterocycles. The van der Waals surface area contributed by atoms with Crippen molar-refractivity contribution in [3.8, 4) is 0 Å². The zero-order chi connectivity index (χ0) is 13.2. The van der Waals surface area contributed by atoms with Crippen LogP contribution in [0.3, 0.4) is 0 Å². The van der Waals surface area contributed by atoms with Crippen molar-refractivity contribution in [2.24, 2.45) is 7.05 Å². The fourth-order valence-electron chi connectivity index (χ4n) is 1.92. The van der Waals surface area contributed by atoms with E-state index in [0.29, 0.717) is 18.9 Å². The van der Waals surface area contributed by atoms with E-state index >= 15 is 0 Å². The topological polar surface area (TPSA) is 88.5 Å². The standard InChI is InChI=1S/C12H16N6O/c1-18-7-6-13-9(18)4-5-14-12(19)11-15-10(16-17-11)8-2-3-8/h6-8H,2-5H2,1H3,(H,14,19)(H,15,16,17). The molecule has 0 radical (unpaired) electrons. The molecule has 2 aromatic rings. The van der Waals surface area contributed by atoms with Crippen molar-refractivity contribution in [1.82, 2.24) is 30.0 Å². The SMILES string of the molecule is Cn1ccnc1CCNC(=O)c1n[nH]c(C2CC2)n1. The maximum Gasteiger partial charge on any atom is 0.290 e. The van der Waals surface area contributed by atoms with E-state index in [9.17, 15) is 4.79 Å². The lowest BCUT2D eigenvalue weighted by Gasteiger charge is -2.02. The van der Waals surface area contributed by atoms with Gasteiger partial charge < -0.3 is 9.88 Å². The van der Waals surface area contributed by atoms with Crippen LogP contribution in [0.25, 0.3) is 0 Å². The van der Waals surface area contributed by atoms with Crippen LogP contribution in [-0.4, -0.2) is 37.2 Å². The molecule has 1 saturated carbocycles. The normalized spacial score (nSPS) is 14.6. The van der Waals surface area contributed by atoms with E-state index in [1.165, 1.54) is 0 Å². The van der Waals surface area contributed by atoms with Crippen LogP contribution in [0.15, 0.2) is 12.4 Å². The number of carbonyl (C=O) groups is 1. The summed E-state index contributed by atoms with van der Waals surface area (Å²) in [7, 11) is 1.93. The molecular weight excluding hydrogens is 244 g/mol. The summed E-state index contributed by atoms with van der Waals surface area (Å²) in [5.41, 5.74) is 0. The molecule has 2 aromatic heterocycles. The lowest BCUT2D eigenvalue weighted by atomic mass is 10.4. The Kier molecular flexibility index (Phi) is 3.02. The monoisotopic (exact) mass is 260 g/mol. The smallest absolute Gasteiger partial charge is 0.290 e. The van der Waals surface area contributed by atoms with E-state index in [4.69, 9.17) is 0 Å². The van der Waals surface area contributed by atoms with Gasteiger partial charge in [-0.05, 0) is 12.8 Å². The maximum atomic E-state index is 11.8. The third-order valence-electron chi connectivity index (χ3n) is 3.22. The van der Waals surface area contributed by atoms with E-state index in [0.717, 1.165) is 24.5 Å². The highest BCUT2D eigenvalue weighted by molar-refractivity contribution is 5.90. The Bertz CT molecular complexity index is 583. The van der Waals surface area contributed by atoms with Gasteiger partial charge in [-0.15, -0.1) is 5.10 Å². The number of nitrogens with zero attached hydrogens (tertiary/aromatic N) is 4. The maximum absolute atomic E-state index is 11.8. The summed E-state index contributed by atoms with van der Waals surface area (Å²) in [4.78, 5) is 20.2. The van der Waals surface area contributed by atoms with Crippen LogP contribution in [0.5, 0.6) is 0 Å². The highest BCUT2D eigenvalue weighted by atomic mass is 16.2. The number of H-pyrrole nitrogens is 1. The van der Waals surface area contributed by atoms with Gasteiger partial charge in [-0.3, -0.25) is 9.89 Å². The minimum absolute atomic E-state index is 0.224. The highest BCUT2D eigenvalue weighted by Gasteiger charge is 2.28. The number of aromatic nitrogens is 5. The molecule has 1 fully saturated rings. The van der Waals surface area contributed by atoms with Gasteiger partial charge in [0.15, 0.2) is 0 Å². The molecule has 7 heteroatoms. The first-order valence-corrected chi connectivity index (χ1v) is 6.40. The second-order valence-corrected chi connectivity index (χ2v) is 4.78. The summed E-state index contributed by atoms with van der Waals surface area (Å²) in [6.07, 6.45) is 6.59. The number of imidazole rings is 1. The molecule has 0 unspecified atom stereocenters. The molecule has 0 bridgehead atoms. The molecule has 19 heavy (non-hydrogen) atoms. The molecule has 0 atom stereocenters. The zero-order valence-electron chi connectivity index (χ0n) is 10.8. The van der Waals surface area contributed by atoms with Gasteiger partial charge in [0.25, 0.3) is 5.91 Å². The predicted octanol–water partition coefficient (Wildman–Crippen LogP) is 0.388. The summed E-state index contributed by atoms with van der Waals surface area (Å²) in [5.74, 6) is 2.23. The van der Waals surface area contributed by atoms with E-state index in [1.807, 2.05) is 17.8 Å². The molecule has 3 rings (SSSR count). The summed E-state index contributed by atoms with van der Waals surface area (Å²) in [6, 6.07) is 0. The number of rotatable bonds is 5. The average molecular weight is 260 g/mol. The molecule has 7 nitrogen and oxygen atoms in total. The highest BCUT2D eigenvalue weighted by Crippen LogP contribution is 2.37. The lowest BCUT2D eigenvalue weighted by Crippen LogP contribution is -2.27. The van der Waals surface area contributed by atoms with Crippen LogP contribution in [0.1, 0.15) is 41.0 Å². The number of hydrogen-bond acceptors (Lipinski definition) is 4. The van der Waals surface area contributed by atoms with Gasteiger partial charge in [-0.2, -0.15) is 0 Å². The fourth-order valence-corrected chi connectivity index (χ4v) is 1.92. The third-order valence-corrected chi connectivity index (χ3v) is 3.22. The number of aromatic amines is 1. The second kappa shape index (κ2) is 4.83. The lowest BCUT2D eigenvalue weighted by molar-refractivity contribution is 0.0944. The van der Waals surface area contributed by atoms with Gasteiger partial charge in [0.05, 0.1) is 0 Å². The first-order valence-electron chi connectivity index (χ1n) is 6.40. The van der Waals surface area contributed by atoms with Crippen LogP contribution in [0, 0.1) is 0 Å². The first-order chi connectivity index (χ1) is 9.24. The van der Waals surface area contributed by atoms with E-state index < -0.39 is 0 Å².